The van der Waals surface area contributed by atoms with Gasteiger partial charge in [0.2, 0.25) is 0 Å². The molecule has 0 spiro atoms. The van der Waals surface area contributed by atoms with Crippen LogP contribution in [-0.2, 0) is 41.2 Å². The molecule has 1 unspecified atom stereocenters. The largest absolute Gasteiger partial charge is 0.507 e. The number of morpholine rings is 1. The topological polar surface area (TPSA) is 145 Å². The predicted molar refractivity (Wildman–Crippen MR) is 154 cm³/mol. The molecule has 0 bridgehead atoms. The van der Waals surface area contributed by atoms with E-state index in [0.717, 1.165) is 19.6 Å². The molecular formula is C28H42N3O9P. The Morgan fingerprint density at radius 3 is 2.63 bits per heavy atom. The highest BCUT2D eigenvalue weighted by Gasteiger charge is 2.33. The van der Waals surface area contributed by atoms with Crippen LogP contribution in [0.4, 0.5) is 0 Å². The second kappa shape index (κ2) is 14.8. The first-order chi connectivity index (χ1) is 19.5. The Hall–Kier alpha value is -2.92. The minimum absolute atomic E-state index is 0.0620. The average Bonchev–Trinajstić information content (AvgIpc) is 3.33. The average molecular weight is 596 g/mol. The lowest BCUT2D eigenvalue weighted by Crippen LogP contribution is -2.38. The van der Waals surface area contributed by atoms with Crippen LogP contribution in [0.1, 0.15) is 61.2 Å². The molecule has 2 aliphatic heterocycles. The van der Waals surface area contributed by atoms with Crippen molar-refractivity contribution in [2.45, 2.75) is 60.1 Å². The van der Waals surface area contributed by atoms with Gasteiger partial charge in [-0.15, -0.1) is 0 Å². The molecule has 1 aromatic rings. The van der Waals surface area contributed by atoms with Crippen LogP contribution in [0, 0.1) is 6.92 Å². The predicted octanol–water partition coefficient (Wildman–Crippen LogP) is 3.72. The van der Waals surface area contributed by atoms with Crippen molar-refractivity contribution in [1.29, 1.82) is 0 Å². The number of fused-ring (bicyclic) bond motifs is 1. The number of hydrogen-bond acceptors (Lipinski definition) is 11. The summed E-state index contributed by atoms with van der Waals surface area (Å²) < 4.78 is 40.6. The van der Waals surface area contributed by atoms with E-state index in [2.05, 4.69) is 15.1 Å². The summed E-state index contributed by atoms with van der Waals surface area (Å²) in [6.45, 7) is 12.8. The third-order valence-electron chi connectivity index (χ3n) is 6.83. The van der Waals surface area contributed by atoms with Crippen molar-refractivity contribution < 1.29 is 42.8 Å². The Kier molecular flexibility index (Phi) is 11.8. The summed E-state index contributed by atoms with van der Waals surface area (Å²) in [5.74, 6) is -0.855. The monoisotopic (exact) mass is 595 g/mol. The number of oxime groups is 1. The number of esters is 2. The molecular weight excluding hydrogens is 553 g/mol. The first-order valence-electron chi connectivity index (χ1n) is 13.7. The van der Waals surface area contributed by atoms with Gasteiger partial charge in [-0.3, -0.25) is 14.3 Å². The molecule has 228 valence electrons. The van der Waals surface area contributed by atoms with Gasteiger partial charge in [-0.1, -0.05) is 16.8 Å². The fraction of sp³-hybridized carbons (Fsp3) is 0.607. The van der Waals surface area contributed by atoms with Gasteiger partial charge in [0.05, 0.1) is 38.8 Å². The maximum absolute atomic E-state index is 13.8. The van der Waals surface area contributed by atoms with Gasteiger partial charge in [-0.05, 0) is 53.0 Å². The smallest absolute Gasteiger partial charge is 0.344 e. The van der Waals surface area contributed by atoms with Gasteiger partial charge in [0.15, 0.2) is 0 Å². The van der Waals surface area contributed by atoms with Crippen LogP contribution < -0.4 is 9.82 Å². The van der Waals surface area contributed by atoms with Gasteiger partial charge < -0.3 is 28.7 Å². The molecule has 2 N–H and O–H groups in total. The van der Waals surface area contributed by atoms with Crippen LogP contribution in [0.25, 0.3) is 0 Å². The summed E-state index contributed by atoms with van der Waals surface area (Å²) in [7, 11) is -2.19. The Morgan fingerprint density at radius 2 is 1.98 bits per heavy atom. The number of allylic oxidation sites excluding steroid dienone is 2. The van der Waals surface area contributed by atoms with Crippen molar-refractivity contribution in [3.05, 3.63) is 33.9 Å². The minimum atomic E-state index is -3.68. The lowest BCUT2D eigenvalue weighted by Gasteiger charge is -2.26. The molecule has 2 aliphatic rings. The molecule has 13 heteroatoms. The van der Waals surface area contributed by atoms with Crippen molar-refractivity contribution in [2.75, 3.05) is 52.7 Å². The number of carbonyl (C=O) groups excluding carboxylic acids is 2. The molecule has 41 heavy (non-hydrogen) atoms. The standard InChI is InChI=1S/C28H42N3O9P/c1-18(2)29-40-41(35,30-21(5)27(33)38-13-7-10-31-11-14-37-15-12-31)17-19(3)8-9-22-25(32)24-23(16-39-28(24)34)20(4)26(22)36-6/h8,21,32H,7,9-17H2,1-6H3,(H,30,35)/b19-8+/t21-,41?/m0/s1. The third-order valence-corrected chi connectivity index (χ3v) is 8.87. The molecule has 0 amide bonds. The second-order valence-corrected chi connectivity index (χ2v) is 12.5. The van der Waals surface area contributed by atoms with E-state index in [1.54, 1.807) is 40.7 Å². The van der Waals surface area contributed by atoms with E-state index in [0.29, 0.717) is 53.4 Å². The molecule has 0 radical (unpaired) electrons. The molecule has 1 saturated heterocycles. The number of carbonyl (C=O) groups is 2. The SMILES string of the molecule is COc1c(C)c2c(c(O)c1C/C=C(\C)CP(=O)(N[C@@H](C)C(=O)OCCCN1CCOCC1)ON=C(C)C)C(=O)OC2. The minimum Gasteiger partial charge on any atom is -0.507 e. The van der Waals surface area contributed by atoms with Crippen LogP contribution in [0.15, 0.2) is 16.8 Å². The molecule has 1 aromatic carbocycles. The molecule has 0 saturated carbocycles. The zero-order valence-corrected chi connectivity index (χ0v) is 25.7. The number of methoxy groups -OCH3 is 1. The van der Waals surface area contributed by atoms with Crippen LogP contribution >= 0.6 is 7.52 Å². The third kappa shape index (κ3) is 8.78. The number of hydrogen-bond donors (Lipinski definition) is 2. The number of rotatable bonds is 14. The van der Waals surface area contributed by atoms with E-state index in [9.17, 15) is 19.3 Å². The van der Waals surface area contributed by atoms with Crippen LogP contribution in [0.3, 0.4) is 0 Å². The van der Waals surface area contributed by atoms with Gasteiger partial charge in [0.1, 0.15) is 29.7 Å². The summed E-state index contributed by atoms with van der Waals surface area (Å²) in [5.41, 5.74) is 3.09. The number of ether oxygens (including phenoxy) is 4. The van der Waals surface area contributed by atoms with Gasteiger partial charge in [-0.25, -0.2) is 9.88 Å². The van der Waals surface area contributed by atoms with E-state index in [1.165, 1.54) is 7.11 Å². The fourth-order valence-corrected chi connectivity index (χ4v) is 6.67. The number of aromatic hydroxyl groups is 1. The maximum atomic E-state index is 13.8. The van der Waals surface area contributed by atoms with Crippen LogP contribution in [0.2, 0.25) is 0 Å². The highest BCUT2D eigenvalue weighted by molar-refractivity contribution is 7.57. The van der Waals surface area contributed by atoms with Crippen molar-refractivity contribution in [3.63, 3.8) is 0 Å². The number of nitrogens with one attached hydrogen (secondary N) is 1. The van der Waals surface area contributed by atoms with E-state index in [4.69, 9.17) is 23.6 Å². The molecule has 2 atom stereocenters. The van der Waals surface area contributed by atoms with E-state index >= 15 is 0 Å². The van der Waals surface area contributed by atoms with Crippen molar-refractivity contribution in [1.82, 2.24) is 9.99 Å². The summed E-state index contributed by atoms with van der Waals surface area (Å²) >= 11 is 0. The number of cyclic esters (lactones) is 1. The fourth-order valence-electron chi connectivity index (χ4n) is 4.70. The molecule has 0 aliphatic carbocycles. The summed E-state index contributed by atoms with van der Waals surface area (Å²) in [6, 6.07) is -0.904. The zero-order valence-electron chi connectivity index (χ0n) is 24.8. The van der Waals surface area contributed by atoms with Crippen molar-refractivity contribution in [2.24, 2.45) is 5.16 Å². The Bertz CT molecular complexity index is 1220. The summed E-state index contributed by atoms with van der Waals surface area (Å²) in [6.07, 6.45) is 2.58. The molecule has 3 rings (SSSR count). The van der Waals surface area contributed by atoms with Crippen molar-refractivity contribution in [3.8, 4) is 11.5 Å². The van der Waals surface area contributed by atoms with Crippen LogP contribution in [0.5, 0.6) is 11.5 Å². The Morgan fingerprint density at radius 1 is 1.27 bits per heavy atom. The number of phenolic OH excluding ortho intramolecular Hbond substituents is 1. The first-order valence-corrected chi connectivity index (χ1v) is 15.5. The van der Waals surface area contributed by atoms with Gasteiger partial charge >= 0.3 is 19.5 Å². The number of phenols is 1. The highest BCUT2D eigenvalue weighted by atomic mass is 31.2. The van der Waals surface area contributed by atoms with Crippen LogP contribution in [-0.4, -0.2) is 86.4 Å². The Labute approximate surface area is 241 Å². The molecule has 1 fully saturated rings. The Balaban J connectivity index is 1.67. The lowest BCUT2D eigenvalue weighted by atomic mass is 9.95. The van der Waals surface area contributed by atoms with Gasteiger partial charge in [0.25, 0.3) is 0 Å². The second-order valence-electron chi connectivity index (χ2n) is 10.4. The van der Waals surface area contributed by atoms with Gasteiger partial charge in [0, 0.05) is 30.8 Å². The van der Waals surface area contributed by atoms with E-state index in [-0.39, 0.29) is 37.1 Å². The number of benzene rings is 1. The van der Waals surface area contributed by atoms with E-state index in [1.807, 2.05) is 0 Å². The molecule has 0 aromatic heterocycles. The summed E-state index contributed by atoms with van der Waals surface area (Å²) in [5, 5.41) is 17.6. The maximum Gasteiger partial charge on any atom is 0.344 e. The first kappa shape index (κ1) is 32.6. The number of nitrogens with zero attached hydrogens (tertiary/aromatic N) is 2. The quantitative estimate of drug-likeness (QED) is 0.0811. The van der Waals surface area contributed by atoms with Gasteiger partial charge in [-0.2, -0.15) is 0 Å². The molecule has 12 nitrogen and oxygen atoms in total. The van der Waals surface area contributed by atoms with Crippen molar-refractivity contribution >= 4 is 25.2 Å². The van der Waals surface area contributed by atoms with E-state index < -0.39 is 25.5 Å². The summed E-state index contributed by atoms with van der Waals surface area (Å²) in [4.78, 5) is 27.1. The lowest BCUT2D eigenvalue weighted by molar-refractivity contribution is -0.145. The normalized spacial score (nSPS) is 17.7. The molecule has 2 heterocycles. The zero-order chi connectivity index (χ0) is 30.2. The highest BCUT2D eigenvalue weighted by Crippen LogP contribution is 2.46.